The molecule has 7 nitrogen and oxygen atoms in total. The van der Waals surface area contributed by atoms with Crippen molar-refractivity contribution in [1.29, 1.82) is 0 Å². The van der Waals surface area contributed by atoms with Crippen molar-refractivity contribution < 1.29 is 18.1 Å². The number of carbonyl (C=O) groups excluding carboxylic acids is 1. The zero-order valence-corrected chi connectivity index (χ0v) is 13.4. The third kappa shape index (κ3) is 2.04. The number of carbonyl (C=O) groups is 1. The van der Waals surface area contributed by atoms with Crippen molar-refractivity contribution in [3.8, 4) is 0 Å². The quantitative estimate of drug-likeness (QED) is 0.532. The molecule has 0 spiro atoms. The molecule has 25 heavy (non-hydrogen) atoms. The maximum absolute atomic E-state index is 12.9. The van der Waals surface area contributed by atoms with Gasteiger partial charge in [-0.1, -0.05) is 24.3 Å². The zero-order valence-electron chi connectivity index (χ0n) is 12.6. The number of hydrogen-bond acceptors (Lipinski definition) is 5. The second-order valence-corrected chi connectivity index (χ2v) is 7.26. The van der Waals surface area contributed by atoms with Crippen LogP contribution in [0, 0.1) is 10.1 Å². The number of nitro groups is 1. The summed E-state index contributed by atoms with van der Waals surface area (Å²) in [6.07, 6.45) is 0. The lowest BCUT2D eigenvalue weighted by Crippen LogP contribution is -2.33. The van der Waals surface area contributed by atoms with Gasteiger partial charge in [-0.15, -0.1) is 0 Å². The van der Waals surface area contributed by atoms with Gasteiger partial charge in [0.05, 0.1) is 26.5 Å². The Morgan fingerprint density at radius 1 is 0.920 bits per heavy atom. The molecular weight excluding hydrogens is 344 g/mol. The molecule has 0 unspecified atom stereocenters. The summed E-state index contributed by atoms with van der Waals surface area (Å²) in [5.41, 5.74) is 0.0909. The molecule has 0 bridgehead atoms. The van der Waals surface area contributed by atoms with Crippen LogP contribution in [0.2, 0.25) is 0 Å². The standard InChI is InChI=1S/C17H10N2O5S/c20-17-13-8-4-7-12-14(19(21)22)9-10-15(16(12)13)18(17)25(23,24)11-5-2-1-3-6-11/h1-10H. The molecule has 3 aromatic rings. The fraction of sp³-hybridized carbons (Fsp3) is 0. The highest BCUT2D eigenvalue weighted by Crippen LogP contribution is 2.43. The summed E-state index contributed by atoms with van der Waals surface area (Å²) >= 11 is 0. The monoisotopic (exact) mass is 354 g/mol. The number of hydrogen-bond donors (Lipinski definition) is 0. The van der Waals surface area contributed by atoms with Crippen LogP contribution in [0.5, 0.6) is 0 Å². The lowest BCUT2D eigenvalue weighted by molar-refractivity contribution is -0.383. The first-order valence-corrected chi connectivity index (χ1v) is 8.72. The molecule has 0 fully saturated rings. The molecule has 0 radical (unpaired) electrons. The van der Waals surface area contributed by atoms with Gasteiger partial charge in [0.15, 0.2) is 0 Å². The Balaban J connectivity index is 2.02. The number of rotatable bonds is 3. The minimum atomic E-state index is -4.12. The van der Waals surface area contributed by atoms with Gasteiger partial charge in [0, 0.05) is 11.5 Å². The van der Waals surface area contributed by atoms with E-state index < -0.39 is 20.9 Å². The molecule has 8 heteroatoms. The SMILES string of the molecule is O=C1c2cccc3c([N+](=O)[O-])ccc(c23)N1S(=O)(=O)c1ccccc1. The van der Waals surface area contributed by atoms with E-state index in [-0.39, 0.29) is 32.6 Å². The first-order chi connectivity index (χ1) is 11.9. The van der Waals surface area contributed by atoms with Crippen molar-refractivity contribution in [2.75, 3.05) is 4.31 Å². The van der Waals surface area contributed by atoms with Gasteiger partial charge in [-0.25, -0.2) is 8.42 Å². The Hall–Kier alpha value is -3.26. The highest BCUT2D eigenvalue weighted by molar-refractivity contribution is 7.93. The minimum Gasteiger partial charge on any atom is -0.268 e. The molecule has 1 amide bonds. The Labute approximate surface area is 142 Å². The van der Waals surface area contributed by atoms with Crippen LogP contribution in [0.1, 0.15) is 10.4 Å². The van der Waals surface area contributed by atoms with Gasteiger partial charge in [-0.2, -0.15) is 4.31 Å². The van der Waals surface area contributed by atoms with Crippen molar-refractivity contribution in [3.63, 3.8) is 0 Å². The van der Waals surface area contributed by atoms with Gasteiger partial charge < -0.3 is 0 Å². The van der Waals surface area contributed by atoms with Crippen LogP contribution in [0.4, 0.5) is 11.4 Å². The zero-order chi connectivity index (χ0) is 17.8. The molecule has 1 heterocycles. The molecule has 0 aliphatic carbocycles. The van der Waals surface area contributed by atoms with E-state index in [1.54, 1.807) is 18.2 Å². The maximum Gasteiger partial charge on any atom is 0.277 e. The van der Waals surface area contributed by atoms with Crippen molar-refractivity contribution >= 4 is 38.1 Å². The maximum atomic E-state index is 12.9. The number of benzene rings is 3. The number of sulfonamides is 1. The van der Waals surface area contributed by atoms with Crippen LogP contribution >= 0.6 is 0 Å². The van der Waals surface area contributed by atoms with Crippen LogP contribution < -0.4 is 4.31 Å². The molecule has 0 N–H and O–H groups in total. The first kappa shape index (κ1) is 15.3. The number of nitrogens with zero attached hydrogens (tertiary/aromatic N) is 2. The van der Waals surface area contributed by atoms with E-state index in [9.17, 15) is 23.3 Å². The molecule has 4 rings (SSSR count). The first-order valence-electron chi connectivity index (χ1n) is 7.28. The largest absolute Gasteiger partial charge is 0.277 e. The summed E-state index contributed by atoms with van der Waals surface area (Å²) in [7, 11) is -4.12. The van der Waals surface area contributed by atoms with E-state index in [2.05, 4.69) is 0 Å². The topological polar surface area (TPSA) is 97.6 Å². The van der Waals surface area contributed by atoms with Crippen molar-refractivity contribution in [3.05, 3.63) is 76.3 Å². The second kappa shape index (κ2) is 5.12. The van der Waals surface area contributed by atoms with Crippen LogP contribution in [-0.2, 0) is 10.0 Å². The lowest BCUT2D eigenvalue weighted by Gasteiger charge is -2.17. The van der Waals surface area contributed by atoms with Gasteiger partial charge in [0.1, 0.15) is 0 Å². The fourth-order valence-corrected chi connectivity index (χ4v) is 4.47. The summed E-state index contributed by atoms with van der Waals surface area (Å²) < 4.78 is 26.6. The summed E-state index contributed by atoms with van der Waals surface area (Å²) in [4.78, 5) is 23.4. The van der Waals surface area contributed by atoms with Gasteiger partial charge in [0.2, 0.25) is 0 Å². The van der Waals surface area contributed by atoms with Crippen LogP contribution in [0.25, 0.3) is 10.8 Å². The molecule has 0 aromatic heterocycles. The van der Waals surface area contributed by atoms with Crippen LogP contribution in [0.3, 0.4) is 0 Å². The van der Waals surface area contributed by atoms with Crippen molar-refractivity contribution in [2.24, 2.45) is 0 Å². The predicted octanol–water partition coefficient (Wildman–Crippen LogP) is 3.10. The van der Waals surface area contributed by atoms with Crippen LogP contribution in [-0.4, -0.2) is 19.2 Å². The van der Waals surface area contributed by atoms with E-state index >= 15 is 0 Å². The van der Waals surface area contributed by atoms with Gasteiger partial charge in [0.25, 0.3) is 21.6 Å². The average molecular weight is 354 g/mol. The molecule has 1 aliphatic heterocycles. The molecular formula is C17H10N2O5S. The Kier molecular flexibility index (Phi) is 3.13. The van der Waals surface area contributed by atoms with Gasteiger partial charge in [-0.05, 0) is 30.3 Å². The Morgan fingerprint density at radius 2 is 1.64 bits per heavy atom. The normalized spacial score (nSPS) is 13.4. The number of non-ortho nitro benzene ring substituents is 1. The summed E-state index contributed by atoms with van der Waals surface area (Å²) in [5, 5.41) is 11.7. The van der Waals surface area contributed by atoms with Crippen molar-refractivity contribution in [1.82, 2.24) is 0 Å². The highest BCUT2D eigenvalue weighted by Gasteiger charge is 2.40. The fourth-order valence-electron chi connectivity index (χ4n) is 3.03. The molecule has 0 atom stereocenters. The minimum absolute atomic E-state index is 0.0253. The Morgan fingerprint density at radius 3 is 2.32 bits per heavy atom. The average Bonchev–Trinajstić information content (AvgIpc) is 2.90. The summed E-state index contributed by atoms with van der Waals surface area (Å²) in [6, 6.07) is 14.6. The van der Waals surface area contributed by atoms with E-state index in [0.29, 0.717) is 4.31 Å². The highest BCUT2D eigenvalue weighted by atomic mass is 32.2. The second-order valence-electron chi connectivity index (χ2n) is 5.48. The van der Waals surface area contributed by atoms with Gasteiger partial charge in [-0.3, -0.25) is 14.9 Å². The summed E-state index contributed by atoms with van der Waals surface area (Å²) in [5.74, 6) is -0.718. The van der Waals surface area contributed by atoms with Crippen molar-refractivity contribution in [2.45, 2.75) is 4.90 Å². The number of anilines is 1. The Bertz CT molecular complexity index is 1160. The molecule has 0 saturated heterocycles. The molecule has 3 aromatic carbocycles. The predicted molar refractivity (Wildman–Crippen MR) is 91.0 cm³/mol. The van der Waals surface area contributed by atoms with E-state index in [1.807, 2.05) is 0 Å². The number of nitro benzene ring substituents is 1. The third-order valence-electron chi connectivity index (χ3n) is 4.11. The van der Waals surface area contributed by atoms with Gasteiger partial charge >= 0.3 is 0 Å². The summed E-state index contributed by atoms with van der Waals surface area (Å²) in [6.45, 7) is 0. The molecule has 0 saturated carbocycles. The van der Waals surface area contributed by atoms with Crippen LogP contribution in [0.15, 0.2) is 65.6 Å². The lowest BCUT2D eigenvalue weighted by atomic mass is 10.0. The smallest absolute Gasteiger partial charge is 0.268 e. The molecule has 124 valence electrons. The third-order valence-corrected chi connectivity index (χ3v) is 5.82. The number of amides is 1. The molecule has 1 aliphatic rings. The van der Waals surface area contributed by atoms with E-state index in [4.69, 9.17) is 0 Å². The van der Waals surface area contributed by atoms with E-state index in [1.165, 1.54) is 42.5 Å². The van der Waals surface area contributed by atoms with E-state index in [0.717, 1.165) is 0 Å².